The summed E-state index contributed by atoms with van der Waals surface area (Å²) in [7, 11) is -1.81. The average Bonchev–Trinajstić information content (AvgIpc) is 3.21. The zero-order chi connectivity index (χ0) is 23.1. The van der Waals surface area contributed by atoms with Gasteiger partial charge in [-0.05, 0) is 52.2 Å². The van der Waals surface area contributed by atoms with E-state index >= 15 is 0 Å². The maximum absolute atomic E-state index is 5.96. The van der Waals surface area contributed by atoms with Crippen molar-refractivity contribution >= 4 is 31.6 Å². The fourth-order valence-corrected chi connectivity index (χ4v) is 9.84. The summed E-state index contributed by atoms with van der Waals surface area (Å²) in [5.41, 5.74) is 2.65. The molecule has 5 aromatic carbocycles. The van der Waals surface area contributed by atoms with Gasteiger partial charge >= 0.3 is 0 Å². The monoisotopic (exact) mass is 452 g/mol. The first-order valence-electron chi connectivity index (χ1n) is 11.5. The van der Waals surface area contributed by atoms with Gasteiger partial charge in [0.1, 0.15) is 0 Å². The highest BCUT2D eigenvalue weighted by atomic mass is 32.3. The van der Waals surface area contributed by atoms with Crippen LogP contribution in [0.25, 0.3) is 32.7 Å². The van der Waals surface area contributed by atoms with E-state index in [1.54, 1.807) is 0 Å². The van der Waals surface area contributed by atoms with Gasteiger partial charge in [0.15, 0.2) is 0 Å². The lowest BCUT2D eigenvalue weighted by Crippen LogP contribution is -2.03. The van der Waals surface area contributed by atoms with Crippen LogP contribution in [-0.4, -0.2) is 0 Å². The number of fused-ring (bicyclic) bond motifs is 7. The number of rotatable bonds is 3. The van der Waals surface area contributed by atoms with E-state index in [9.17, 15) is 0 Å². The van der Waals surface area contributed by atoms with Crippen LogP contribution < -0.4 is 0 Å². The molecule has 1 unspecified atom stereocenters. The number of allylic oxidation sites excluding steroid dienone is 3. The van der Waals surface area contributed by atoms with Gasteiger partial charge < -0.3 is 0 Å². The van der Waals surface area contributed by atoms with Crippen molar-refractivity contribution in [2.45, 2.75) is 21.6 Å². The number of terminal acetylenes is 1. The Morgan fingerprint density at radius 1 is 0.735 bits per heavy atom. The van der Waals surface area contributed by atoms with Gasteiger partial charge in [-0.25, -0.2) is 0 Å². The van der Waals surface area contributed by atoms with E-state index in [0.717, 1.165) is 0 Å². The molecule has 6 rings (SSSR count). The van der Waals surface area contributed by atoms with E-state index in [-0.39, 0.29) is 0 Å². The molecule has 0 spiro atoms. The van der Waals surface area contributed by atoms with E-state index in [1.807, 2.05) is 6.08 Å². The summed E-state index contributed by atoms with van der Waals surface area (Å²) in [6, 6.07) is 37.6. The summed E-state index contributed by atoms with van der Waals surface area (Å²) < 4.78 is 0. The Labute approximate surface area is 202 Å². The van der Waals surface area contributed by atoms with E-state index in [1.165, 1.54) is 52.3 Å². The molecule has 0 fully saturated rings. The lowest BCUT2D eigenvalue weighted by molar-refractivity contribution is 1.38. The summed E-state index contributed by atoms with van der Waals surface area (Å²) in [6.07, 6.45) is 12.3. The van der Waals surface area contributed by atoms with Crippen molar-refractivity contribution in [3.8, 4) is 23.5 Å². The molecular formula is C33H24S. The summed E-state index contributed by atoms with van der Waals surface area (Å²) >= 11 is 0. The third-order valence-electron chi connectivity index (χ3n) is 6.68. The van der Waals surface area contributed by atoms with Gasteiger partial charge in [-0.15, -0.1) is 16.5 Å². The third kappa shape index (κ3) is 2.76. The van der Waals surface area contributed by atoms with Crippen LogP contribution >= 0.6 is 10.0 Å². The van der Waals surface area contributed by atoms with Crippen LogP contribution in [0, 0.1) is 12.3 Å². The molecule has 1 heterocycles. The predicted octanol–water partition coefficient (Wildman–Crippen LogP) is 9.35. The number of hydrogen-bond donors (Lipinski definition) is 0. The molecule has 1 aliphatic heterocycles. The molecule has 0 bridgehead atoms. The minimum atomic E-state index is -1.81. The predicted molar refractivity (Wildman–Crippen MR) is 147 cm³/mol. The summed E-state index contributed by atoms with van der Waals surface area (Å²) in [6.45, 7) is 2.07. The Morgan fingerprint density at radius 3 is 2.12 bits per heavy atom. The largest absolute Gasteiger partial charge is 0.130 e. The van der Waals surface area contributed by atoms with E-state index in [4.69, 9.17) is 6.42 Å². The topological polar surface area (TPSA) is 0 Å². The molecule has 5 aromatic rings. The quantitative estimate of drug-likeness (QED) is 0.189. The second kappa shape index (κ2) is 8.10. The third-order valence-corrected chi connectivity index (χ3v) is 10.7. The van der Waals surface area contributed by atoms with Crippen molar-refractivity contribution in [2.24, 2.45) is 0 Å². The molecule has 1 heteroatoms. The molecule has 0 nitrogen and oxygen atoms in total. The maximum atomic E-state index is 5.96. The van der Waals surface area contributed by atoms with Crippen molar-refractivity contribution in [1.29, 1.82) is 0 Å². The van der Waals surface area contributed by atoms with Crippen LogP contribution in [0.5, 0.6) is 0 Å². The Morgan fingerprint density at radius 2 is 1.38 bits per heavy atom. The van der Waals surface area contributed by atoms with Gasteiger partial charge in [-0.3, -0.25) is 0 Å². The second-order valence-electron chi connectivity index (χ2n) is 8.46. The van der Waals surface area contributed by atoms with Crippen LogP contribution in [-0.2, 0) is 0 Å². The van der Waals surface area contributed by atoms with Gasteiger partial charge in [0.05, 0.1) is 0 Å². The first-order valence-corrected chi connectivity index (χ1v) is 13.2. The van der Waals surface area contributed by atoms with E-state index in [0.29, 0.717) is 0 Å². The molecule has 0 aliphatic carbocycles. The second-order valence-corrected chi connectivity index (χ2v) is 11.5. The van der Waals surface area contributed by atoms with Crippen molar-refractivity contribution in [3.63, 3.8) is 0 Å². The Kier molecular flexibility index (Phi) is 4.91. The minimum Gasteiger partial charge on any atom is -0.130 e. The van der Waals surface area contributed by atoms with Crippen LogP contribution in [0.2, 0.25) is 0 Å². The van der Waals surface area contributed by atoms with Gasteiger partial charge in [-0.2, -0.15) is 0 Å². The highest BCUT2D eigenvalue weighted by Gasteiger charge is 2.44. The molecule has 1 aliphatic rings. The van der Waals surface area contributed by atoms with E-state index in [2.05, 4.69) is 128 Å². The smallest absolute Gasteiger partial charge is 0.0181 e. The standard InChI is InChI=1S/C33H24S/c1-3-12-26(13-4-2)34(27-16-6-5-7-17-27)31-23-21-24-14-8-10-18-28(24)32(31)30-22-20-25-15-9-11-19-29(25)33(30)34/h1,4-23H,2H3/b13-4-,26-12+. The molecule has 0 N–H and O–H groups in total. The number of benzene rings is 5. The lowest BCUT2D eigenvalue weighted by Gasteiger charge is -2.40. The molecule has 34 heavy (non-hydrogen) atoms. The molecule has 162 valence electrons. The molecule has 0 radical (unpaired) electrons. The summed E-state index contributed by atoms with van der Waals surface area (Å²) in [5, 5.41) is 5.11. The SMILES string of the molecule is C#C/C=C(\C=C/C)S1(c2ccccc2)c2ccc3ccccc3c2-c2ccc3ccccc3c21. The molecule has 0 saturated heterocycles. The molecular weight excluding hydrogens is 428 g/mol. The maximum Gasteiger partial charge on any atom is 0.0181 e. The molecule has 0 aromatic heterocycles. The highest BCUT2D eigenvalue weighted by Crippen LogP contribution is 2.81. The van der Waals surface area contributed by atoms with Crippen LogP contribution in [0.15, 0.2) is 141 Å². The zero-order valence-corrected chi connectivity index (χ0v) is 19.8. The van der Waals surface area contributed by atoms with Gasteiger partial charge in [0, 0.05) is 31.2 Å². The first kappa shape index (κ1) is 20.6. The summed E-state index contributed by atoms with van der Waals surface area (Å²) in [5.74, 6) is 2.88. The highest BCUT2D eigenvalue weighted by molar-refractivity contribution is 8.37. The Bertz CT molecular complexity index is 1660. The molecule has 0 saturated carbocycles. The summed E-state index contributed by atoms with van der Waals surface area (Å²) in [4.78, 5) is 5.25. The fraction of sp³-hybridized carbons (Fsp3) is 0.0303. The van der Waals surface area contributed by atoms with Gasteiger partial charge in [0.2, 0.25) is 0 Å². The Balaban J connectivity index is 1.92. The van der Waals surface area contributed by atoms with Crippen LogP contribution in [0.1, 0.15) is 6.92 Å². The minimum absolute atomic E-state index is 1.19. The fourth-order valence-electron chi connectivity index (χ4n) is 5.40. The average molecular weight is 453 g/mol. The van der Waals surface area contributed by atoms with Crippen molar-refractivity contribution < 1.29 is 0 Å². The zero-order valence-electron chi connectivity index (χ0n) is 19.0. The van der Waals surface area contributed by atoms with E-state index < -0.39 is 10.0 Å². The van der Waals surface area contributed by atoms with Gasteiger partial charge in [-0.1, -0.05) is 103 Å². The number of hydrogen-bond acceptors (Lipinski definition) is 0. The lowest BCUT2D eigenvalue weighted by atomic mass is 9.96. The Hall–Kier alpha value is -3.99. The van der Waals surface area contributed by atoms with Crippen molar-refractivity contribution in [2.75, 3.05) is 0 Å². The first-order chi connectivity index (χ1) is 16.8. The normalized spacial score (nSPS) is 19.0. The van der Waals surface area contributed by atoms with Crippen molar-refractivity contribution in [3.05, 3.63) is 126 Å². The molecule has 0 amide bonds. The van der Waals surface area contributed by atoms with Gasteiger partial charge in [0.25, 0.3) is 0 Å². The molecule has 1 atom stereocenters. The van der Waals surface area contributed by atoms with Crippen LogP contribution in [0.4, 0.5) is 0 Å². The van der Waals surface area contributed by atoms with Crippen molar-refractivity contribution in [1.82, 2.24) is 0 Å². The van der Waals surface area contributed by atoms with Crippen LogP contribution in [0.3, 0.4) is 0 Å².